The van der Waals surface area contributed by atoms with E-state index in [1.165, 1.54) is 19.3 Å². The van der Waals surface area contributed by atoms with Crippen LogP contribution in [0.1, 0.15) is 67.5 Å². The number of aromatic hydroxyl groups is 1. The lowest BCUT2D eigenvalue weighted by atomic mass is 9.99. The molecule has 1 aromatic rings. The fraction of sp³-hybridized carbons (Fsp3) is 0.533. The molecule has 0 bridgehead atoms. The summed E-state index contributed by atoms with van der Waals surface area (Å²) < 4.78 is 5.32. The lowest BCUT2D eigenvalue weighted by molar-refractivity contribution is 0.0361. The Bertz CT molecular complexity index is 426. The highest BCUT2D eigenvalue weighted by atomic mass is 16.5. The third-order valence-corrected chi connectivity index (χ3v) is 3.44. The largest absolute Gasteiger partial charge is 0.508 e. The lowest BCUT2D eigenvalue weighted by Crippen LogP contribution is -1.98. The molecule has 0 amide bonds. The van der Waals surface area contributed by atoms with Gasteiger partial charge in [0, 0.05) is 5.56 Å². The second kappa shape index (κ2) is 5.89. The molecular weight excluding hydrogens is 228 g/mol. The van der Waals surface area contributed by atoms with E-state index in [4.69, 9.17) is 4.74 Å². The van der Waals surface area contributed by atoms with E-state index in [2.05, 4.69) is 6.92 Å². The van der Waals surface area contributed by atoms with Crippen LogP contribution in [0.4, 0.5) is 0 Å². The summed E-state index contributed by atoms with van der Waals surface area (Å²) in [7, 11) is 0. The summed E-state index contributed by atoms with van der Waals surface area (Å²) in [4.78, 5) is 11.6. The molecule has 0 aliphatic carbocycles. The lowest BCUT2D eigenvalue weighted by Gasteiger charge is -2.11. The van der Waals surface area contributed by atoms with E-state index < -0.39 is 0 Å². The Balaban J connectivity index is 1.95. The van der Waals surface area contributed by atoms with Gasteiger partial charge in [0.2, 0.25) is 0 Å². The maximum absolute atomic E-state index is 11.6. The number of ether oxygens (including phenoxy) is 1. The van der Waals surface area contributed by atoms with Gasteiger partial charge in [0.25, 0.3) is 0 Å². The van der Waals surface area contributed by atoms with Crippen LogP contribution in [0.25, 0.3) is 0 Å². The molecule has 1 aliphatic rings. The van der Waals surface area contributed by atoms with E-state index >= 15 is 0 Å². The second-order valence-corrected chi connectivity index (χ2v) is 4.84. The number of benzene rings is 1. The second-order valence-electron chi connectivity index (χ2n) is 4.84. The van der Waals surface area contributed by atoms with Crippen molar-refractivity contribution in [3.8, 4) is 5.75 Å². The summed E-state index contributed by atoms with van der Waals surface area (Å²) in [5.41, 5.74) is 1.20. The van der Waals surface area contributed by atoms with Crippen molar-refractivity contribution in [3.63, 3.8) is 0 Å². The number of cyclic esters (lactones) is 1. The molecule has 3 nitrogen and oxygen atoms in total. The monoisotopic (exact) mass is 248 g/mol. The van der Waals surface area contributed by atoms with Crippen molar-refractivity contribution in [3.05, 3.63) is 29.3 Å². The first-order chi connectivity index (χ1) is 8.74. The van der Waals surface area contributed by atoms with Crippen LogP contribution in [-0.2, 0) is 4.74 Å². The van der Waals surface area contributed by atoms with Crippen molar-refractivity contribution < 1.29 is 14.6 Å². The molecular formula is C15H20O3. The Morgan fingerprint density at radius 2 is 2.00 bits per heavy atom. The van der Waals surface area contributed by atoms with E-state index in [-0.39, 0.29) is 17.8 Å². The van der Waals surface area contributed by atoms with Gasteiger partial charge >= 0.3 is 5.97 Å². The summed E-state index contributed by atoms with van der Waals surface area (Å²) in [5.74, 6) is -0.128. The van der Waals surface area contributed by atoms with Crippen molar-refractivity contribution in [2.45, 2.75) is 51.6 Å². The summed E-state index contributed by atoms with van der Waals surface area (Å²) in [6.45, 7) is 2.19. The molecule has 1 heterocycles. The number of rotatable bonds is 6. The van der Waals surface area contributed by atoms with Crippen LogP contribution in [0.3, 0.4) is 0 Å². The minimum absolute atomic E-state index is 0.178. The van der Waals surface area contributed by atoms with Crippen molar-refractivity contribution >= 4 is 5.97 Å². The molecule has 1 aliphatic heterocycles. The van der Waals surface area contributed by atoms with Crippen molar-refractivity contribution in [1.29, 1.82) is 0 Å². The summed E-state index contributed by atoms with van der Waals surface area (Å²) in [6.07, 6.45) is 6.45. The SMILES string of the molecule is CCCCCCCC1OC(=O)c2cccc(O)c21. The topological polar surface area (TPSA) is 46.5 Å². The Labute approximate surface area is 108 Å². The third kappa shape index (κ3) is 2.66. The highest BCUT2D eigenvalue weighted by Gasteiger charge is 2.32. The number of fused-ring (bicyclic) bond motifs is 1. The van der Waals surface area contributed by atoms with Crippen molar-refractivity contribution in [1.82, 2.24) is 0 Å². The molecule has 0 spiro atoms. The molecule has 1 atom stereocenters. The van der Waals surface area contributed by atoms with Crippen LogP contribution in [0.2, 0.25) is 0 Å². The van der Waals surface area contributed by atoms with Crippen molar-refractivity contribution in [2.75, 3.05) is 0 Å². The van der Waals surface area contributed by atoms with Gasteiger partial charge in [0.05, 0.1) is 5.56 Å². The number of unbranched alkanes of at least 4 members (excludes halogenated alkanes) is 4. The standard InChI is InChI=1S/C15H20O3/c1-2-3-4-5-6-10-13-14-11(15(17)18-13)8-7-9-12(14)16/h7-9,13,16H,2-6,10H2,1H3. The number of phenols is 1. The van der Waals surface area contributed by atoms with Crippen LogP contribution in [0, 0.1) is 0 Å². The molecule has 18 heavy (non-hydrogen) atoms. The van der Waals surface area contributed by atoms with Gasteiger partial charge in [0.15, 0.2) is 0 Å². The van der Waals surface area contributed by atoms with Crippen LogP contribution < -0.4 is 0 Å². The predicted molar refractivity (Wildman–Crippen MR) is 69.6 cm³/mol. The Morgan fingerprint density at radius 1 is 1.22 bits per heavy atom. The molecule has 1 unspecified atom stereocenters. The minimum atomic E-state index is -0.306. The average molecular weight is 248 g/mol. The zero-order valence-electron chi connectivity index (χ0n) is 10.8. The zero-order chi connectivity index (χ0) is 13.0. The summed E-state index contributed by atoms with van der Waals surface area (Å²) in [5, 5.41) is 9.83. The minimum Gasteiger partial charge on any atom is -0.508 e. The number of phenolic OH excluding ortho intramolecular Hbond substituents is 1. The highest BCUT2D eigenvalue weighted by Crippen LogP contribution is 2.39. The first-order valence-electron chi connectivity index (χ1n) is 6.77. The third-order valence-electron chi connectivity index (χ3n) is 3.44. The number of esters is 1. The van der Waals surface area contributed by atoms with E-state index in [1.807, 2.05) is 0 Å². The van der Waals surface area contributed by atoms with Gasteiger partial charge in [0.1, 0.15) is 11.9 Å². The van der Waals surface area contributed by atoms with Gasteiger partial charge in [-0.25, -0.2) is 4.79 Å². The molecule has 0 radical (unpaired) electrons. The van der Waals surface area contributed by atoms with Crippen molar-refractivity contribution in [2.24, 2.45) is 0 Å². The van der Waals surface area contributed by atoms with E-state index in [9.17, 15) is 9.90 Å². The quantitative estimate of drug-likeness (QED) is 0.612. The molecule has 98 valence electrons. The molecule has 2 rings (SSSR count). The van der Waals surface area contributed by atoms with Gasteiger partial charge in [-0.15, -0.1) is 0 Å². The Kier molecular flexibility index (Phi) is 4.24. The molecule has 1 N–H and O–H groups in total. The normalized spacial score (nSPS) is 17.6. The zero-order valence-corrected chi connectivity index (χ0v) is 10.8. The molecule has 1 aromatic carbocycles. The van der Waals surface area contributed by atoms with Crippen LogP contribution in [-0.4, -0.2) is 11.1 Å². The first kappa shape index (κ1) is 12.9. The number of carbonyl (C=O) groups is 1. The number of hydrogen-bond donors (Lipinski definition) is 1. The predicted octanol–water partition coefficient (Wildman–Crippen LogP) is 3.96. The maximum atomic E-state index is 11.6. The summed E-state index contributed by atoms with van der Waals surface area (Å²) >= 11 is 0. The van der Waals surface area contributed by atoms with Gasteiger partial charge in [-0.1, -0.05) is 38.7 Å². The van der Waals surface area contributed by atoms with Gasteiger partial charge in [-0.3, -0.25) is 0 Å². The fourth-order valence-electron chi connectivity index (χ4n) is 2.46. The maximum Gasteiger partial charge on any atom is 0.339 e. The number of carbonyl (C=O) groups excluding carboxylic acids is 1. The molecule has 0 fully saturated rings. The highest BCUT2D eigenvalue weighted by molar-refractivity contribution is 5.94. The number of hydrogen-bond acceptors (Lipinski definition) is 3. The van der Waals surface area contributed by atoms with E-state index in [1.54, 1.807) is 18.2 Å². The van der Waals surface area contributed by atoms with E-state index in [0.29, 0.717) is 11.1 Å². The van der Waals surface area contributed by atoms with Gasteiger partial charge in [-0.05, 0) is 25.0 Å². The van der Waals surface area contributed by atoms with Gasteiger partial charge < -0.3 is 9.84 Å². The Hall–Kier alpha value is -1.51. The Morgan fingerprint density at radius 3 is 2.78 bits per heavy atom. The van der Waals surface area contributed by atoms with Crippen LogP contribution in [0.15, 0.2) is 18.2 Å². The smallest absolute Gasteiger partial charge is 0.339 e. The van der Waals surface area contributed by atoms with Crippen LogP contribution >= 0.6 is 0 Å². The summed E-state index contributed by atoms with van der Waals surface area (Å²) in [6, 6.07) is 5.01. The molecule has 0 aromatic heterocycles. The molecule has 0 saturated heterocycles. The first-order valence-corrected chi connectivity index (χ1v) is 6.77. The van der Waals surface area contributed by atoms with E-state index in [0.717, 1.165) is 19.3 Å². The van der Waals surface area contributed by atoms with Crippen LogP contribution in [0.5, 0.6) is 5.75 Å². The van der Waals surface area contributed by atoms with Gasteiger partial charge in [-0.2, -0.15) is 0 Å². The average Bonchev–Trinajstić information content (AvgIpc) is 2.68. The molecule has 0 saturated carbocycles. The fourth-order valence-corrected chi connectivity index (χ4v) is 2.46. The molecule has 3 heteroatoms.